The molecule has 0 bridgehead atoms. The lowest BCUT2D eigenvalue weighted by Gasteiger charge is -2.25. The van der Waals surface area contributed by atoms with Gasteiger partial charge in [-0.15, -0.1) is 0 Å². The van der Waals surface area contributed by atoms with Crippen LogP contribution >= 0.6 is 0 Å². The van der Waals surface area contributed by atoms with E-state index in [1.54, 1.807) is 0 Å². The minimum Gasteiger partial charge on any atom is -0.308 e. The molecule has 2 nitrogen and oxygen atoms in total. The molecule has 0 fully saturated rings. The molecule has 0 spiro atoms. The highest BCUT2D eigenvalue weighted by Gasteiger charge is 2.23. The first-order valence-electron chi connectivity index (χ1n) is 14.7. The molecule has 200 valence electrons. The molecule has 0 amide bonds. The maximum absolute atomic E-state index is 4.72. The average molecular weight is 547 g/mol. The highest BCUT2D eigenvalue weighted by atomic mass is 15.0. The monoisotopic (exact) mass is 546 g/mol. The summed E-state index contributed by atoms with van der Waals surface area (Å²) in [5, 5.41) is 1.17. The van der Waals surface area contributed by atoms with Gasteiger partial charge in [-0.3, -0.25) is 4.98 Å². The molecular weight excluding hydrogens is 520 g/mol. The standard InChI is InChI=1S/C41H26N2/c1-2-12-31-30(11-1)32-13-3-4-14-34(32)36-19-9-18-29(40(36)35-16-6-5-15-33(31)35)27-22-24-28(25-23-27)43-38-20-8-7-17-37(38)41-39(43)21-10-26-42-41/h1-26H. The van der Waals surface area contributed by atoms with Crippen LogP contribution in [0.3, 0.4) is 0 Å². The quantitative estimate of drug-likeness (QED) is 0.211. The Balaban J connectivity index is 1.28. The first-order valence-corrected chi connectivity index (χ1v) is 14.7. The van der Waals surface area contributed by atoms with Crippen molar-refractivity contribution in [2.75, 3.05) is 0 Å². The first-order chi connectivity index (χ1) is 21.4. The fraction of sp³-hybridized carbons (Fsp3) is 0. The molecule has 2 aromatic heterocycles. The lowest BCUT2D eigenvalue weighted by molar-refractivity contribution is 1.18. The third kappa shape index (κ3) is 3.57. The van der Waals surface area contributed by atoms with Crippen molar-refractivity contribution in [1.82, 2.24) is 9.55 Å². The second-order valence-corrected chi connectivity index (χ2v) is 11.1. The normalized spacial score (nSPS) is 11.7. The maximum atomic E-state index is 4.72. The van der Waals surface area contributed by atoms with Crippen LogP contribution in [0, 0.1) is 0 Å². The molecule has 1 aliphatic carbocycles. The van der Waals surface area contributed by atoms with E-state index in [9.17, 15) is 0 Å². The van der Waals surface area contributed by atoms with Crippen LogP contribution in [-0.4, -0.2) is 9.55 Å². The third-order valence-corrected chi connectivity index (χ3v) is 8.85. The highest BCUT2D eigenvalue weighted by Crippen LogP contribution is 2.50. The van der Waals surface area contributed by atoms with Gasteiger partial charge in [0.15, 0.2) is 0 Å². The number of aromatic nitrogens is 2. The molecule has 9 rings (SSSR count). The summed E-state index contributed by atoms with van der Waals surface area (Å²) in [6, 6.07) is 54.9. The lowest BCUT2D eigenvalue weighted by atomic mass is 9.78. The van der Waals surface area contributed by atoms with Crippen LogP contribution in [-0.2, 0) is 0 Å². The van der Waals surface area contributed by atoms with Crippen LogP contribution in [0.25, 0.3) is 83.3 Å². The lowest BCUT2D eigenvalue weighted by Crippen LogP contribution is -1.99. The molecule has 0 saturated heterocycles. The van der Waals surface area contributed by atoms with Gasteiger partial charge in [0.1, 0.15) is 0 Å². The van der Waals surface area contributed by atoms with Gasteiger partial charge in [-0.05, 0) is 86.0 Å². The zero-order valence-corrected chi connectivity index (χ0v) is 23.4. The molecule has 0 aliphatic heterocycles. The Morgan fingerprint density at radius 1 is 0.372 bits per heavy atom. The van der Waals surface area contributed by atoms with Crippen molar-refractivity contribution in [2.24, 2.45) is 0 Å². The number of nitrogens with zero attached hydrogens (tertiary/aromatic N) is 2. The van der Waals surface area contributed by atoms with Gasteiger partial charge in [0.25, 0.3) is 0 Å². The average Bonchev–Trinajstić information content (AvgIpc) is 3.42. The van der Waals surface area contributed by atoms with E-state index in [2.05, 4.69) is 150 Å². The maximum Gasteiger partial charge on any atom is 0.0963 e. The predicted molar refractivity (Wildman–Crippen MR) is 179 cm³/mol. The van der Waals surface area contributed by atoms with Crippen molar-refractivity contribution in [3.8, 4) is 61.3 Å². The van der Waals surface area contributed by atoms with Crippen molar-refractivity contribution in [3.63, 3.8) is 0 Å². The van der Waals surface area contributed by atoms with Gasteiger partial charge in [0, 0.05) is 17.3 Å². The molecule has 6 aromatic carbocycles. The number of benzene rings is 6. The second kappa shape index (κ2) is 9.40. The highest BCUT2D eigenvalue weighted by molar-refractivity contribution is 6.08. The van der Waals surface area contributed by atoms with Crippen molar-refractivity contribution in [3.05, 3.63) is 158 Å². The van der Waals surface area contributed by atoms with Crippen LogP contribution in [0.5, 0.6) is 0 Å². The topological polar surface area (TPSA) is 17.8 Å². The zero-order chi connectivity index (χ0) is 28.3. The summed E-state index contributed by atoms with van der Waals surface area (Å²) < 4.78 is 2.32. The molecule has 2 heteroatoms. The molecule has 1 aliphatic rings. The summed E-state index contributed by atoms with van der Waals surface area (Å²) in [5.41, 5.74) is 17.0. The van der Waals surface area contributed by atoms with Gasteiger partial charge in [0.2, 0.25) is 0 Å². The van der Waals surface area contributed by atoms with Gasteiger partial charge in [-0.2, -0.15) is 0 Å². The molecule has 0 atom stereocenters. The van der Waals surface area contributed by atoms with E-state index in [1.807, 2.05) is 12.3 Å². The fourth-order valence-corrected chi connectivity index (χ4v) is 7.00. The Bertz CT molecular complexity index is 2280. The Morgan fingerprint density at radius 2 is 0.884 bits per heavy atom. The summed E-state index contributed by atoms with van der Waals surface area (Å²) in [6.07, 6.45) is 1.87. The van der Waals surface area contributed by atoms with Crippen LogP contribution < -0.4 is 0 Å². The van der Waals surface area contributed by atoms with E-state index in [4.69, 9.17) is 4.98 Å². The number of para-hydroxylation sites is 1. The summed E-state index contributed by atoms with van der Waals surface area (Å²) >= 11 is 0. The minimum absolute atomic E-state index is 1.03. The number of hydrogen-bond acceptors (Lipinski definition) is 1. The SMILES string of the molecule is c1ccc2c(c1)-c1ccccc1-c1cccc(-c3ccc(-n4c5ccccc5c5ncccc54)cc3)c1-c1ccccc1-2. The van der Waals surface area contributed by atoms with Crippen LogP contribution in [0.2, 0.25) is 0 Å². The summed E-state index contributed by atoms with van der Waals surface area (Å²) in [5.74, 6) is 0. The van der Waals surface area contributed by atoms with Crippen LogP contribution in [0.15, 0.2) is 158 Å². The number of fused-ring (bicyclic) bond motifs is 11. The molecular formula is C41H26N2. The van der Waals surface area contributed by atoms with Gasteiger partial charge >= 0.3 is 0 Å². The van der Waals surface area contributed by atoms with E-state index in [0.29, 0.717) is 0 Å². The van der Waals surface area contributed by atoms with Crippen molar-refractivity contribution in [2.45, 2.75) is 0 Å². The van der Waals surface area contributed by atoms with Gasteiger partial charge in [0.05, 0.1) is 16.6 Å². The smallest absolute Gasteiger partial charge is 0.0963 e. The van der Waals surface area contributed by atoms with Gasteiger partial charge < -0.3 is 4.57 Å². The molecule has 2 heterocycles. The van der Waals surface area contributed by atoms with Gasteiger partial charge in [-0.1, -0.05) is 121 Å². The Labute approximate surface area is 250 Å². The number of rotatable bonds is 2. The zero-order valence-electron chi connectivity index (χ0n) is 23.4. The predicted octanol–water partition coefficient (Wildman–Crippen LogP) is 10.8. The first kappa shape index (κ1) is 23.9. The summed E-state index contributed by atoms with van der Waals surface area (Å²) in [4.78, 5) is 4.72. The molecule has 0 radical (unpaired) electrons. The third-order valence-electron chi connectivity index (χ3n) is 8.85. The van der Waals surface area contributed by atoms with E-state index < -0.39 is 0 Å². The number of pyridine rings is 1. The molecule has 0 saturated carbocycles. The Kier molecular flexibility index (Phi) is 5.23. The fourth-order valence-electron chi connectivity index (χ4n) is 7.00. The summed E-state index contributed by atoms with van der Waals surface area (Å²) in [6.45, 7) is 0. The van der Waals surface area contributed by atoms with Crippen molar-refractivity contribution >= 4 is 21.9 Å². The van der Waals surface area contributed by atoms with E-state index >= 15 is 0 Å². The van der Waals surface area contributed by atoms with Crippen molar-refractivity contribution < 1.29 is 0 Å². The Morgan fingerprint density at radius 3 is 1.58 bits per heavy atom. The van der Waals surface area contributed by atoms with Crippen LogP contribution in [0.1, 0.15) is 0 Å². The van der Waals surface area contributed by atoms with Crippen LogP contribution in [0.4, 0.5) is 0 Å². The molecule has 8 aromatic rings. The van der Waals surface area contributed by atoms with Gasteiger partial charge in [-0.25, -0.2) is 0 Å². The largest absolute Gasteiger partial charge is 0.308 e. The molecule has 0 N–H and O–H groups in total. The van der Waals surface area contributed by atoms with E-state index in [0.717, 1.165) is 22.2 Å². The van der Waals surface area contributed by atoms with Crippen molar-refractivity contribution in [1.29, 1.82) is 0 Å². The molecule has 0 unspecified atom stereocenters. The summed E-state index contributed by atoms with van der Waals surface area (Å²) in [7, 11) is 0. The number of hydrogen-bond donors (Lipinski definition) is 0. The van der Waals surface area contributed by atoms with E-state index in [1.165, 1.54) is 61.0 Å². The Hall–Kier alpha value is -5.73. The second-order valence-electron chi connectivity index (χ2n) is 11.1. The molecule has 43 heavy (non-hydrogen) atoms. The van der Waals surface area contributed by atoms with E-state index in [-0.39, 0.29) is 0 Å². The minimum atomic E-state index is 1.03.